The molecule has 172 valence electrons. The zero-order chi connectivity index (χ0) is 24.0. The van der Waals surface area contributed by atoms with Crippen LogP contribution < -0.4 is 15.1 Å². The van der Waals surface area contributed by atoms with Gasteiger partial charge in [0.2, 0.25) is 16.7 Å². The van der Waals surface area contributed by atoms with Gasteiger partial charge < -0.3 is 5.32 Å². The zero-order valence-electron chi connectivity index (χ0n) is 17.4. The summed E-state index contributed by atoms with van der Waals surface area (Å²) in [7, 11) is 0. The molecule has 0 saturated carbocycles. The van der Waals surface area contributed by atoms with E-state index in [-0.39, 0.29) is 18.0 Å². The van der Waals surface area contributed by atoms with Gasteiger partial charge in [0, 0.05) is 28.0 Å². The van der Waals surface area contributed by atoms with Gasteiger partial charge in [0.1, 0.15) is 6.54 Å². The number of hydrogen-bond acceptors (Lipinski definition) is 4. The molecule has 0 aromatic heterocycles. The molecule has 1 N–H and O–H groups in total. The van der Waals surface area contributed by atoms with Gasteiger partial charge in [0.15, 0.2) is 11.6 Å². The van der Waals surface area contributed by atoms with Crippen LogP contribution in [0.4, 0.5) is 25.8 Å². The molecule has 0 aliphatic carbocycles. The third-order valence-corrected chi connectivity index (χ3v) is 7.29. The SMILES string of the molecule is O=C(CN1C(=O)[C@@]2(SCC(=O)N2c2ccc(F)c(F)c2)c2ccccc21)Nc1ccc(Cl)cc1. The Morgan fingerprint density at radius 2 is 1.76 bits per heavy atom. The summed E-state index contributed by atoms with van der Waals surface area (Å²) >= 11 is 6.96. The molecule has 3 aromatic carbocycles. The number of rotatable bonds is 4. The van der Waals surface area contributed by atoms with Crippen LogP contribution in [0.1, 0.15) is 5.56 Å². The largest absolute Gasteiger partial charge is 0.325 e. The molecule has 0 bridgehead atoms. The number of nitrogens with one attached hydrogen (secondary N) is 1. The third-order valence-electron chi connectivity index (χ3n) is 5.65. The van der Waals surface area contributed by atoms with Crippen LogP contribution in [0.25, 0.3) is 0 Å². The summed E-state index contributed by atoms with van der Waals surface area (Å²) < 4.78 is 27.6. The van der Waals surface area contributed by atoms with Crippen molar-refractivity contribution in [3.05, 3.63) is 89.0 Å². The van der Waals surface area contributed by atoms with Crippen LogP contribution >= 0.6 is 23.4 Å². The van der Waals surface area contributed by atoms with E-state index in [1.54, 1.807) is 48.5 Å². The summed E-state index contributed by atoms with van der Waals surface area (Å²) in [4.78, 5) is 40.5. The summed E-state index contributed by atoms with van der Waals surface area (Å²) in [6.07, 6.45) is 0. The molecule has 1 saturated heterocycles. The Morgan fingerprint density at radius 1 is 1.03 bits per heavy atom. The summed E-state index contributed by atoms with van der Waals surface area (Å²) in [5.74, 6) is -3.61. The van der Waals surface area contributed by atoms with Crippen molar-refractivity contribution in [2.45, 2.75) is 4.87 Å². The van der Waals surface area contributed by atoms with Gasteiger partial charge in [-0.1, -0.05) is 29.8 Å². The van der Waals surface area contributed by atoms with Gasteiger partial charge in [-0.15, -0.1) is 11.8 Å². The smallest absolute Gasteiger partial charge is 0.269 e. The van der Waals surface area contributed by atoms with Crippen LogP contribution in [-0.2, 0) is 19.3 Å². The Hall–Kier alpha value is -3.43. The number of carbonyl (C=O) groups is 3. The number of amides is 3. The standard InChI is InChI=1S/C24H16ClF2N3O3S/c25-14-5-7-15(8-6-14)28-21(31)12-29-20-4-2-1-3-17(20)24(23(29)33)30(22(32)13-34-24)16-9-10-18(26)19(27)11-16/h1-11H,12-13H2,(H,28,31)/t24-/m0/s1. The van der Waals surface area contributed by atoms with Crippen molar-refractivity contribution in [3.63, 3.8) is 0 Å². The van der Waals surface area contributed by atoms with Gasteiger partial charge in [-0.05, 0) is 42.5 Å². The number of thioether (sulfide) groups is 1. The van der Waals surface area contributed by atoms with E-state index in [9.17, 15) is 23.2 Å². The highest BCUT2D eigenvalue weighted by Crippen LogP contribution is 2.55. The lowest BCUT2D eigenvalue weighted by atomic mass is 10.0. The zero-order valence-corrected chi connectivity index (χ0v) is 19.0. The van der Waals surface area contributed by atoms with E-state index in [0.717, 1.165) is 23.9 Å². The fraction of sp³-hybridized carbons (Fsp3) is 0.125. The van der Waals surface area contributed by atoms with Crippen molar-refractivity contribution in [1.82, 2.24) is 0 Å². The summed E-state index contributed by atoms with van der Waals surface area (Å²) in [6, 6.07) is 16.4. The molecule has 3 amide bonds. The topological polar surface area (TPSA) is 69.7 Å². The van der Waals surface area contributed by atoms with Crippen LogP contribution in [0.2, 0.25) is 5.02 Å². The monoisotopic (exact) mass is 499 g/mol. The van der Waals surface area contributed by atoms with E-state index < -0.39 is 34.2 Å². The average molecular weight is 500 g/mol. The van der Waals surface area contributed by atoms with Crippen molar-refractivity contribution in [1.29, 1.82) is 0 Å². The van der Waals surface area contributed by atoms with Gasteiger partial charge in [-0.2, -0.15) is 0 Å². The highest BCUT2D eigenvalue weighted by molar-refractivity contribution is 8.02. The highest BCUT2D eigenvalue weighted by Gasteiger charge is 2.61. The molecular formula is C24H16ClF2N3O3S. The minimum absolute atomic E-state index is 0.0378. The van der Waals surface area contributed by atoms with Crippen LogP contribution in [0.15, 0.2) is 66.7 Å². The van der Waals surface area contributed by atoms with Crippen molar-refractivity contribution >= 4 is 58.1 Å². The Kier molecular flexibility index (Phi) is 5.53. The van der Waals surface area contributed by atoms with Crippen LogP contribution in [-0.4, -0.2) is 30.0 Å². The highest BCUT2D eigenvalue weighted by atomic mass is 35.5. The molecule has 2 aliphatic heterocycles. The number of halogens is 3. The van der Waals surface area contributed by atoms with Crippen LogP contribution in [0.5, 0.6) is 0 Å². The number of hydrogen-bond donors (Lipinski definition) is 1. The lowest BCUT2D eigenvalue weighted by Crippen LogP contribution is -2.51. The fourth-order valence-corrected chi connectivity index (χ4v) is 5.70. The van der Waals surface area contributed by atoms with E-state index in [0.29, 0.717) is 22.0 Å². The van der Waals surface area contributed by atoms with Gasteiger partial charge in [-0.25, -0.2) is 8.78 Å². The molecule has 1 atom stereocenters. The molecule has 34 heavy (non-hydrogen) atoms. The van der Waals surface area contributed by atoms with Crippen molar-refractivity contribution in [3.8, 4) is 0 Å². The summed E-state index contributed by atoms with van der Waals surface area (Å²) in [5, 5.41) is 3.24. The second kappa shape index (κ2) is 8.41. The Morgan fingerprint density at radius 3 is 2.50 bits per heavy atom. The maximum atomic E-state index is 14.0. The normalized spacial score (nSPS) is 19.1. The maximum Gasteiger partial charge on any atom is 0.269 e. The molecular weight excluding hydrogens is 484 g/mol. The molecule has 2 aliphatic rings. The summed E-state index contributed by atoms with van der Waals surface area (Å²) in [5.41, 5.74) is 1.54. The van der Waals surface area contributed by atoms with Crippen molar-refractivity contribution in [2.24, 2.45) is 0 Å². The number of anilines is 3. The maximum absolute atomic E-state index is 14.0. The van der Waals surface area contributed by atoms with E-state index in [4.69, 9.17) is 11.6 Å². The van der Waals surface area contributed by atoms with E-state index >= 15 is 0 Å². The number of benzene rings is 3. The van der Waals surface area contributed by atoms with E-state index in [1.165, 1.54) is 15.9 Å². The second-order valence-corrected chi connectivity index (χ2v) is 9.33. The average Bonchev–Trinajstić information content (AvgIpc) is 3.28. The predicted octanol–water partition coefficient (Wildman–Crippen LogP) is 4.54. The molecule has 6 nitrogen and oxygen atoms in total. The minimum atomic E-state index is -1.53. The Balaban J connectivity index is 1.52. The third kappa shape index (κ3) is 3.52. The molecule has 5 rings (SSSR count). The molecule has 2 heterocycles. The van der Waals surface area contributed by atoms with E-state index in [1.807, 2.05) is 0 Å². The molecule has 1 spiro atoms. The quantitative estimate of drug-likeness (QED) is 0.572. The number of para-hydroxylation sites is 1. The molecule has 10 heteroatoms. The second-order valence-electron chi connectivity index (χ2n) is 7.72. The lowest BCUT2D eigenvalue weighted by Gasteiger charge is -2.33. The molecule has 0 unspecified atom stereocenters. The Labute approximate surface area is 202 Å². The van der Waals surface area contributed by atoms with Gasteiger partial charge in [0.25, 0.3) is 5.91 Å². The fourth-order valence-electron chi connectivity index (χ4n) is 4.21. The van der Waals surface area contributed by atoms with E-state index in [2.05, 4.69) is 5.32 Å². The van der Waals surface area contributed by atoms with Gasteiger partial charge in [0.05, 0.1) is 11.4 Å². The first-order valence-electron chi connectivity index (χ1n) is 10.2. The molecule has 3 aromatic rings. The first-order chi connectivity index (χ1) is 16.3. The van der Waals surface area contributed by atoms with Crippen molar-refractivity contribution < 1.29 is 23.2 Å². The van der Waals surface area contributed by atoms with Crippen molar-refractivity contribution in [2.75, 3.05) is 27.4 Å². The first kappa shape index (κ1) is 22.4. The number of carbonyl (C=O) groups excluding carboxylic acids is 3. The Bertz CT molecular complexity index is 1340. The molecule has 0 radical (unpaired) electrons. The van der Waals surface area contributed by atoms with Crippen LogP contribution in [0.3, 0.4) is 0 Å². The number of nitrogens with zero attached hydrogens (tertiary/aromatic N) is 2. The minimum Gasteiger partial charge on any atom is -0.325 e. The summed E-state index contributed by atoms with van der Waals surface area (Å²) in [6.45, 7) is -0.305. The van der Waals surface area contributed by atoms with Gasteiger partial charge >= 0.3 is 0 Å². The predicted molar refractivity (Wildman–Crippen MR) is 127 cm³/mol. The lowest BCUT2D eigenvalue weighted by molar-refractivity contribution is -0.124. The molecule has 1 fully saturated rings. The van der Waals surface area contributed by atoms with Crippen LogP contribution in [0, 0.1) is 11.6 Å². The van der Waals surface area contributed by atoms with Gasteiger partial charge in [-0.3, -0.25) is 24.2 Å². The number of fused-ring (bicyclic) bond motifs is 2. The first-order valence-corrected chi connectivity index (χ1v) is 11.6.